The molecule has 2 aromatic heterocycles. The Balaban J connectivity index is 1.44. The second-order valence-electron chi connectivity index (χ2n) is 7.47. The number of nitrogens with one attached hydrogen (secondary N) is 1. The first-order valence-corrected chi connectivity index (χ1v) is 10.6. The quantitative estimate of drug-likeness (QED) is 0.675. The Morgan fingerprint density at radius 3 is 2.79 bits per heavy atom. The molecule has 0 fully saturated rings. The minimum Gasteiger partial charge on any atom is -0.355 e. The van der Waals surface area contributed by atoms with Crippen molar-refractivity contribution in [3.63, 3.8) is 0 Å². The number of aryl methyl sites for hydroxylation is 2. The van der Waals surface area contributed by atoms with Crippen molar-refractivity contribution < 1.29 is 9.32 Å². The number of aromatic nitrogens is 1. The summed E-state index contributed by atoms with van der Waals surface area (Å²) in [7, 11) is 4.03. The van der Waals surface area contributed by atoms with E-state index >= 15 is 0 Å². The Hall–Kier alpha value is -2.44. The van der Waals surface area contributed by atoms with E-state index in [4.69, 9.17) is 4.52 Å². The Morgan fingerprint density at radius 2 is 2.04 bits per heavy atom. The molecule has 2 heterocycles. The molecule has 4 rings (SSSR count). The van der Waals surface area contributed by atoms with Crippen molar-refractivity contribution in [1.29, 1.82) is 0 Å². The van der Waals surface area contributed by atoms with Crippen LogP contribution < -0.4 is 5.32 Å². The summed E-state index contributed by atoms with van der Waals surface area (Å²) in [5.41, 5.74) is 4.11. The maximum Gasteiger partial charge on any atom is 0.273 e. The van der Waals surface area contributed by atoms with E-state index in [0.717, 1.165) is 18.4 Å². The monoisotopic (exact) mass is 395 g/mol. The summed E-state index contributed by atoms with van der Waals surface area (Å²) in [6.07, 6.45) is 4.76. The van der Waals surface area contributed by atoms with Crippen molar-refractivity contribution >= 4 is 17.2 Å². The number of amides is 1. The SMILES string of the molecule is CN(C)[C@@H](CNC(=O)c1cc(-c2ccc3c(c2)CCCC3)on1)c1cccs1. The van der Waals surface area contributed by atoms with E-state index in [1.54, 1.807) is 17.4 Å². The van der Waals surface area contributed by atoms with Crippen LogP contribution in [0.4, 0.5) is 0 Å². The van der Waals surface area contributed by atoms with Gasteiger partial charge in [0, 0.05) is 23.1 Å². The molecule has 0 saturated carbocycles. The zero-order valence-corrected chi connectivity index (χ0v) is 17.1. The maximum atomic E-state index is 12.6. The first-order chi connectivity index (χ1) is 13.6. The van der Waals surface area contributed by atoms with Gasteiger partial charge in [-0.1, -0.05) is 23.4 Å². The van der Waals surface area contributed by atoms with Crippen molar-refractivity contribution in [3.05, 3.63) is 63.5 Å². The molecule has 0 unspecified atom stereocenters. The zero-order chi connectivity index (χ0) is 19.5. The van der Waals surface area contributed by atoms with Crippen LogP contribution in [-0.2, 0) is 12.8 Å². The number of likely N-dealkylation sites (N-methyl/N-ethyl adjacent to an activating group) is 1. The Bertz CT molecular complexity index is 947. The van der Waals surface area contributed by atoms with Crippen molar-refractivity contribution in [2.24, 2.45) is 0 Å². The summed E-state index contributed by atoms with van der Waals surface area (Å²) in [4.78, 5) is 15.9. The maximum absolute atomic E-state index is 12.6. The number of thiophene rings is 1. The molecule has 1 N–H and O–H groups in total. The molecule has 1 amide bonds. The molecule has 5 nitrogen and oxygen atoms in total. The van der Waals surface area contributed by atoms with Crippen LogP contribution in [0.2, 0.25) is 0 Å². The molecule has 3 aromatic rings. The van der Waals surface area contributed by atoms with E-state index in [-0.39, 0.29) is 11.9 Å². The topological polar surface area (TPSA) is 58.4 Å². The zero-order valence-electron chi connectivity index (χ0n) is 16.3. The van der Waals surface area contributed by atoms with E-state index < -0.39 is 0 Å². The highest BCUT2D eigenvalue weighted by Crippen LogP contribution is 2.28. The first kappa shape index (κ1) is 18.9. The smallest absolute Gasteiger partial charge is 0.273 e. The van der Waals surface area contributed by atoms with E-state index in [1.165, 1.54) is 28.8 Å². The third-order valence-electron chi connectivity index (χ3n) is 5.33. The van der Waals surface area contributed by atoms with Gasteiger partial charge in [-0.2, -0.15) is 0 Å². The molecule has 0 bridgehead atoms. The van der Waals surface area contributed by atoms with Gasteiger partial charge in [-0.15, -0.1) is 11.3 Å². The number of carbonyl (C=O) groups is 1. The number of fused-ring (bicyclic) bond motifs is 1. The highest BCUT2D eigenvalue weighted by molar-refractivity contribution is 7.10. The number of hydrogen-bond acceptors (Lipinski definition) is 5. The lowest BCUT2D eigenvalue weighted by Crippen LogP contribution is -2.34. The molecule has 0 aliphatic heterocycles. The van der Waals surface area contributed by atoms with Gasteiger partial charge in [0.05, 0.1) is 6.04 Å². The standard InChI is InChI=1S/C22H25N3O2S/c1-25(2)19(21-8-5-11-28-21)14-23-22(26)18-13-20(27-24-18)17-10-9-15-6-3-4-7-16(15)12-17/h5,8-13,19H,3-4,6-7,14H2,1-2H3,(H,23,26)/t19-/m0/s1. The van der Waals surface area contributed by atoms with E-state index in [9.17, 15) is 4.79 Å². The van der Waals surface area contributed by atoms with E-state index in [0.29, 0.717) is 18.0 Å². The van der Waals surface area contributed by atoms with E-state index in [2.05, 4.69) is 45.0 Å². The summed E-state index contributed by atoms with van der Waals surface area (Å²) < 4.78 is 5.47. The predicted molar refractivity (Wildman–Crippen MR) is 112 cm³/mol. The average Bonchev–Trinajstić information content (AvgIpc) is 3.40. The fourth-order valence-electron chi connectivity index (χ4n) is 3.70. The molecular weight excluding hydrogens is 370 g/mol. The van der Waals surface area contributed by atoms with Crippen LogP contribution in [0.15, 0.2) is 46.3 Å². The van der Waals surface area contributed by atoms with Crippen LogP contribution in [0.3, 0.4) is 0 Å². The summed E-state index contributed by atoms with van der Waals surface area (Å²) in [5, 5.41) is 9.03. The molecule has 146 valence electrons. The van der Waals surface area contributed by atoms with Crippen molar-refractivity contribution in [3.8, 4) is 11.3 Å². The van der Waals surface area contributed by atoms with Gasteiger partial charge in [0.15, 0.2) is 11.5 Å². The molecule has 6 heteroatoms. The third kappa shape index (κ3) is 4.03. The van der Waals surface area contributed by atoms with E-state index in [1.807, 2.05) is 20.2 Å². The van der Waals surface area contributed by atoms with Crippen LogP contribution in [0, 0.1) is 0 Å². The minimum atomic E-state index is -0.212. The number of nitrogens with zero attached hydrogens (tertiary/aromatic N) is 2. The molecule has 1 atom stereocenters. The average molecular weight is 396 g/mol. The highest BCUT2D eigenvalue weighted by atomic mass is 32.1. The largest absolute Gasteiger partial charge is 0.355 e. The lowest BCUT2D eigenvalue weighted by molar-refractivity contribution is 0.0933. The first-order valence-electron chi connectivity index (χ1n) is 9.69. The molecule has 1 aromatic carbocycles. The van der Waals surface area contributed by atoms with Gasteiger partial charge in [0.25, 0.3) is 5.91 Å². The Morgan fingerprint density at radius 1 is 1.21 bits per heavy atom. The fraction of sp³-hybridized carbons (Fsp3) is 0.364. The normalized spacial score (nSPS) is 14.7. The Labute approximate surface area is 169 Å². The van der Waals surface area contributed by atoms with Gasteiger partial charge < -0.3 is 14.7 Å². The van der Waals surface area contributed by atoms with Gasteiger partial charge in [-0.3, -0.25) is 4.79 Å². The number of carbonyl (C=O) groups excluding carboxylic acids is 1. The van der Waals surface area contributed by atoms with Gasteiger partial charge in [0.2, 0.25) is 0 Å². The predicted octanol–water partition coefficient (Wildman–Crippen LogP) is 4.31. The van der Waals surface area contributed by atoms with Crippen molar-refractivity contribution in [2.75, 3.05) is 20.6 Å². The Kier molecular flexibility index (Phi) is 5.59. The molecule has 28 heavy (non-hydrogen) atoms. The van der Waals surface area contributed by atoms with Gasteiger partial charge in [-0.25, -0.2) is 0 Å². The second kappa shape index (κ2) is 8.29. The lowest BCUT2D eigenvalue weighted by atomic mass is 9.90. The van der Waals surface area contributed by atoms with Crippen molar-refractivity contribution in [2.45, 2.75) is 31.7 Å². The molecular formula is C22H25N3O2S. The number of hydrogen-bond donors (Lipinski definition) is 1. The van der Waals surface area contributed by atoms with Crippen LogP contribution in [0.25, 0.3) is 11.3 Å². The minimum absolute atomic E-state index is 0.135. The third-order valence-corrected chi connectivity index (χ3v) is 6.30. The molecule has 0 saturated heterocycles. The summed E-state index contributed by atoms with van der Waals surface area (Å²) in [6.45, 7) is 0.521. The highest BCUT2D eigenvalue weighted by Gasteiger charge is 2.19. The summed E-state index contributed by atoms with van der Waals surface area (Å²) in [5.74, 6) is 0.428. The number of rotatable bonds is 6. The van der Waals surface area contributed by atoms with Gasteiger partial charge in [-0.05, 0) is 68.4 Å². The van der Waals surface area contributed by atoms with Crippen LogP contribution in [0.1, 0.15) is 45.4 Å². The van der Waals surface area contributed by atoms with Crippen LogP contribution >= 0.6 is 11.3 Å². The molecule has 1 aliphatic carbocycles. The second-order valence-corrected chi connectivity index (χ2v) is 8.45. The fourth-order valence-corrected chi connectivity index (χ4v) is 4.63. The number of benzene rings is 1. The van der Waals surface area contributed by atoms with Gasteiger partial charge in [0.1, 0.15) is 0 Å². The van der Waals surface area contributed by atoms with Crippen LogP contribution in [0.5, 0.6) is 0 Å². The van der Waals surface area contributed by atoms with Crippen LogP contribution in [-0.4, -0.2) is 36.6 Å². The van der Waals surface area contributed by atoms with Gasteiger partial charge >= 0.3 is 0 Å². The lowest BCUT2D eigenvalue weighted by Gasteiger charge is -2.23. The van der Waals surface area contributed by atoms with Crippen molar-refractivity contribution in [1.82, 2.24) is 15.4 Å². The summed E-state index contributed by atoms with van der Waals surface area (Å²) >= 11 is 1.69. The molecule has 0 spiro atoms. The molecule has 0 radical (unpaired) electrons. The summed E-state index contributed by atoms with van der Waals surface area (Å²) in [6, 6.07) is 12.4. The molecule has 1 aliphatic rings.